The van der Waals surface area contributed by atoms with E-state index in [1.807, 2.05) is 0 Å². The fourth-order valence-corrected chi connectivity index (χ4v) is 2.07. The largest absolute Gasteiger partial charge is 0.494 e. The van der Waals surface area contributed by atoms with Crippen molar-refractivity contribution >= 4 is 34.6 Å². The highest BCUT2D eigenvalue weighted by atomic mass is 32.1. The third-order valence-corrected chi connectivity index (χ3v) is 3.19. The Hall–Kier alpha value is -3.07. The minimum atomic E-state index is -0.716. The number of ether oxygens (including phenoxy) is 1. The van der Waals surface area contributed by atoms with Crippen LogP contribution in [-0.2, 0) is 0 Å². The molecule has 9 heteroatoms. The maximum Gasteiger partial charge on any atom is 0.273 e. The molecule has 7 nitrogen and oxygen atoms in total. The molecule has 0 unspecified atom stereocenters. The molecule has 0 spiro atoms. The Bertz CT molecular complexity index is 813. The molecule has 2 rings (SSSR count). The van der Waals surface area contributed by atoms with Gasteiger partial charge in [-0.1, -0.05) is 12.1 Å². The van der Waals surface area contributed by atoms with Gasteiger partial charge in [-0.05, 0) is 30.4 Å². The molecule has 0 aromatic heterocycles. The summed E-state index contributed by atoms with van der Waals surface area (Å²) in [6.07, 6.45) is 0. The van der Waals surface area contributed by atoms with Gasteiger partial charge >= 0.3 is 0 Å². The first-order valence-electron chi connectivity index (χ1n) is 6.61. The van der Waals surface area contributed by atoms with Gasteiger partial charge in [-0.25, -0.2) is 4.39 Å². The number of hydrogen-bond donors (Lipinski definition) is 2. The SMILES string of the molecule is COc1cc([N+](=O)[O-])ccc1NC(=S)NC(=O)c1ccccc1F. The first-order chi connectivity index (χ1) is 11.4. The van der Waals surface area contributed by atoms with Gasteiger partial charge in [0.25, 0.3) is 11.6 Å². The average Bonchev–Trinajstić information content (AvgIpc) is 2.55. The van der Waals surface area contributed by atoms with Crippen LogP contribution >= 0.6 is 12.2 Å². The molecule has 24 heavy (non-hydrogen) atoms. The minimum absolute atomic E-state index is 0.101. The fourth-order valence-electron chi connectivity index (χ4n) is 1.87. The van der Waals surface area contributed by atoms with Crippen LogP contribution in [0.25, 0.3) is 0 Å². The van der Waals surface area contributed by atoms with Crippen molar-refractivity contribution in [2.45, 2.75) is 0 Å². The zero-order valence-corrected chi connectivity index (χ0v) is 13.2. The van der Waals surface area contributed by atoms with Gasteiger partial charge in [0.15, 0.2) is 5.11 Å². The lowest BCUT2D eigenvalue weighted by atomic mass is 10.2. The van der Waals surface area contributed by atoms with Crippen LogP contribution in [0.2, 0.25) is 0 Å². The number of nitrogens with one attached hydrogen (secondary N) is 2. The highest BCUT2D eigenvalue weighted by Gasteiger charge is 2.15. The number of carbonyl (C=O) groups is 1. The van der Waals surface area contributed by atoms with E-state index in [4.69, 9.17) is 17.0 Å². The number of non-ortho nitro benzene ring substituents is 1. The number of nitrogens with zero attached hydrogens (tertiary/aromatic N) is 1. The zero-order chi connectivity index (χ0) is 17.7. The van der Waals surface area contributed by atoms with Crippen molar-refractivity contribution in [3.05, 3.63) is 64.0 Å². The second-order valence-corrected chi connectivity index (χ2v) is 4.94. The van der Waals surface area contributed by atoms with E-state index in [0.717, 1.165) is 6.07 Å². The molecule has 1 amide bonds. The van der Waals surface area contributed by atoms with Crippen molar-refractivity contribution in [3.8, 4) is 5.75 Å². The predicted molar refractivity (Wildman–Crippen MR) is 89.7 cm³/mol. The molecule has 0 aliphatic heterocycles. The van der Waals surface area contributed by atoms with Crippen LogP contribution in [0.15, 0.2) is 42.5 Å². The molecule has 0 bridgehead atoms. The number of anilines is 1. The summed E-state index contributed by atoms with van der Waals surface area (Å²) in [7, 11) is 1.34. The standard InChI is InChI=1S/C15H12FN3O4S/c1-23-13-8-9(19(21)22)6-7-12(13)17-15(24)18-14(20)10-4-2-3-5-11(10)16/h2-8H,1H3,(H2,17,18,20,24). The monoisotopic (exact) mass is 349 g/mol. The van der Waals surface area contributed by atoms with Gasteiger partial charge in [-0.15, -0.1) is 0 Å². The number of nitro groups is 1. The van der Waals surface area contributed by atoms with Crippen LogP contribution in [0.1, 0.15) is 10.4 Å². The maximum atomic E-state index is 13.5. The fraction of sp³-hybridized carbons (Fsp3) is 0.0667. The lowest BCUT2D eigenvalue weighted by molar-refractivity contribution is -0.384. The number of rotatable bonds is 4. The van der Waals surface area contributed by atoms with E-state index >= 15 is 0 Å². The Morgan fingerprint density at radius 3 is 2.62 bits per heavy atom. The summed E-state index contributed by atoms with van der Waals surface area (Å²) >= 11 is 4.99. The number of hydrogen-bond acceptors (Lipinski definition) is 5. The summed E-state index contributed by atoms with van der Waals surface area (Å²) in [6, 6.07) is 9.32. The summed E-state index contributed by atoms with van der Waals surface area (Å²) in [5, 5.41) is 15.7. The molecule has 0 atom stereocenters. The van der Waals surface area contributed by atoms with Gasteiger partial charge in [0.1, 0.15) is 11.6 Å². The van der Waals surface area contributed by atoms with E-state index in [2.05, 4.69) is 10.6 Å². The van der Waals surface area contributed by atoms with E-state index in [9.17, 15) is 19.3 Å². The first-order valence-corrected chi connectivity index (χ1v) is 7.02. The molecule has 0 heterocycles. The molecule has 0 aliphatic carbocycles. The number of benzene rings is 2. The molecule has 2 N–H and O–H groups in total. The van der Waals surface area contributed by atoms with E-state index in [-0.39, 0.29) is 22.1 Å². The molecule has 2 aromatic carbocycles. The Labute approximate surface area is 141 Å². The minimum Gasteiger partial charge on any atom is -0.494 e. The van der Waals surface area contributed by atoms with Crippen LogP contribution in [0.5, 0.6) is 5.75 Å². The van der Waals surface area contributed by atoms with E-state index in [1.165, 1.54) is 43.5 Å². The zero-order valence-electron chi connectivity index (χ0n) is 12.4. The van der Waals surface area contributed by atoms with Crippen molar-refractivity contribution in [3.63, 3.8) is 0 Å². The number of carbonyl (C=O) groups excluding carboxylic acids is 1. The van der Waals surface area contributed by atoms with Crippen LogP contribution in [0.3, 0.4) is 0 Å². The molecule has 0 radical (unpaired) electrons. The van der Waals surface area contributed by atoms with Crippen molar-refractivity contribution < 1.29 is 18.8 Å². The summed E-state index contributed by atoms with van der Waals surface area (Å²) in [5.41, 5.74) is 0.0120. The molecule has 0 aliphatic rings. The summed E-state index contributed by atoms with van der Waals surface area (Å²) < 4.78 is 18.6. The molecule has 0 fully saturated rings. The maximum absolute atomic E-state index is 13.5. The predicted octanol–water partition coefficient (Wildman–Crippen LogP) is 2.87. The third kappa shape index (κ3) is 4.02. The highest BCUT2D eigenvalue weighted by molar-refractivity contribution is 7.80. The van der Waals surface area contributed by atoms with Gasteiger partial charge in [0.2, 0.25) is 0 Å². The summed E-state index contributed by atoms with van der Waals surface area (Å²) in [4.78, 5) is 22.1. The van der Waals surface area contributed by atoms with E-state index in [0.29, 0.717) is 5.69 Å². The Kier molecular flexibility index (Phi) is 5.38. The molecule has 0 saturated heterocycles. The van der Waals surface area contributed by atoms with Crippen LogP contribution in [0, 0.1) is 15.9 Å². The van der Waals surface area contributed by atoms with Gasteiger partial charge in [-0.3, -0.25) is 20.2 Å². The van der Waals surface area contributed by atoms with Gasteiger partial charge in [0.05, 0.1) is 29.4 Å². The first kappa shape index (κ1) is 17.3. The number of methoxy groups -OCH3 is 1. The molecular formula is C15H12FN3O4S. The van der Waals surface area contributed by atoms with Crippen molar-refractivity contribution in [1.29, 1.82) is 0 Å². The Balaban J connectivity index is 2.11. The Morgan fingerprint density at radius 1 is 1.29 bits per heavy atom. The lowest BCUT2D eigenvalue weighted by Gasteiger charge is -2.12. The molecule has 0 saturated carbocycles. The molecular weight excluding hydrogens is 337 g/mol. The van der Waals surface area contributed by atoms with Crippen molar-refractivity contribution in [2.24, 2.45) is 0 Å². The number of thiocarbonyl (C=S) groups is 1. The smallest absolute Gasteiger partial charge is 0.273 e. The quantitative estimate of drug-likeness (QED) is 0.501. The number of halogens is 1. The summed E-state index contributed by atoms with van der Waals surface area (Å²) in [5.74, 6) is -1.22. The van der Waals surface area contributed by atoms with Crippen LogP contribution < -0.4 is 15.4 Å². The van der Waals surface area contributed by atoms with Crippen LogP contribution in [-0.4, -0.2) is 23.1 Å². The van der Waals surface area contributed by atoms with Crippen molar-refractivity contribution in [1.82, 2.24) is 5.32 Å². The van der Waals surface area contributed by atoms with Gasteiger partial charge < -0.3 is 10.1 Å². The van der Waals surface area contributed by atoms with E-state index in [1.54, 1.807) is 0 Å². The van der Waals surface area contributed by atoms with Crippen LogP contribution in [0.4, 0.5) is 15.8 Å². The van der Waals surface area contributed by atoms with Gasteiger partial charge in [-0.2, -0.15) is 0 Å². The second-order valence-electron chi connectivity index (χ2n) is 4.53. The topological polar surface area (TPSA) is 93.5 Å². The van der Waals surface area contributed by atoms with Crippen molar-refractivity contribution in [2.75, 3.05) is 12.4 Å². The average molecular weight is 349 g/mol. The third-order valence-electron chi connectivity index (χ3n) is 2.99. The number of amides is 1. The van der Waals surface area contributed by atoms with E-state index < -0.39 is 16.6 Å². The molecule has 124 valence electrons. The second kappa shape index (κ2) is 7.47. The summed E-state index contributed by atoms with van der Waals surface area (Å²) in [6.45, 7) is 0. The normalized spacial score (nSPS) is 9.92. The number of nitro benzene ring substituents is 1. The molecule has 2 aromatic rings. The lowest BCUT2D eigenvalue weighted by Crippen LogP contribution is -2.34. The Morgan fingerprint density at radius 2 is 2.00 bits per heavy atom. The highest BCUT2D eigenvalue weighted by Crippen LogP contribution is 2.28. The van der Waals surface area contributed by atoms with Gasteiger partial charge in [0, 0.05) is 6.07 Å².